The van der Waals surface area contributed by atoms with Gasteiger partial charge in [0.15, 0.2) is 0 Å². The maximum absolute atomic E-state index is 12.0. The fourth-order valence-corrected chi connectivity index (χ4v) is 2.33. The Morgan fingerprint density at radius 1 is 1.41 bits per heavy atom. The molecule has 1 rings (SSSR count). The highest BCUT2D eigenvalue weighted by Gasteiger charge is 2.30. The number of imidazole rings is 1. The SMILES string of the molecule is CCC(C(N)=O)C(COC(=O)C(C)(C)C)Cc1cncn1C. The molecule has 124 valence electrons. The molecular weight excluding hydrogens is 282 g/mol. The van der Waals surface area contributed by atoms with Gasteiger partial charge in [-0.2, -0.15) is 0 Å². The maximum atomic E-state index is 12.0. The molecule has 0 saturated carbocycles. The Morgan fingerprint density at radius 2 is 2.05 bits per heavy atom. The van der Waals surface area contributed by atoms with Crippen molar-refractivity contribution in [1.82, 2.24) is 9.55 Å². The average molecular weight is 309 g/mol. The summed E-state index contributed by atoms with van der Waals surface area (Å²) in [6.07, 6.45) is 4.67. The van der Waals surface area contributed by atoms with Crippen molar-refractivity contribution in [3.8, 4) is 0 Å². The van der Waals surface area contributed by atoms with E-state index in [1.54, 1.807) is 33.3 Å². The van der Waals surface area contributed by atoms with Crippen LogP contribution < -0.4 is 5.73 Å². The summed E-state index contributed by atoms with van der Waals surface area (Å²) in [5.74, 6) is -1.12. The number of aryl methyl sites for hydroxylation is 1. The zero-order valence-electron chi connectivity index (χ0n) is 14.1. The van der Waals surface area contributed by atoms with Crippen LogP contribution in [-0.4, -0.2) is 28.0 Å². The summed E-state index contributed by atoms with van der Waals surface area (Å²) >= 11 is 0. The van der Waals surface area contributed by atoms with Crippen molar-refractivity contribution >= 4 is 11.9 Å². The van der Waals surface area contributed by atoms with Crippen LogP contribution >= 0.6 is 0 Å². The Kier molecular flexibility index (Phi) is 6.14. The molecule has 1 heterocycles. The van der Waals surface area contributed by atoms with Gasteiger partial charge >= 0.3 is 5.97 Å². The van der Waals surface area contributed by atoms with E-state index in [1.807, 2.05) is 18.5 Å². The lowest BCUT2D eigenvalue weighted by molar-refractivity contribution is -0.155. The van der Waals surface area contributed by atoms with Gasteiger partial charge in [-0.3, -0.25) is 9.59 Å². The van der Waals surface area contributed by atoms with Crippen molar-refractivity contribution in [2.45, 2.75) is 40.5 Å². The summed E-state index contributed by atoms with van der Waals surface area (Å²) < 4.78 is 7.31. The van der Waals surface area contributed by atoms with E-state index in [0.29, 0.717) is 12.8 Å². The van der Waals surface area contributed by atoms with E-state index in [1.165, 1.54) is 0 Å². The van der Waals surface area contributed by atoms with Gasteiger partial charge in [-0.15, -0.1) is 0 Å². The Balaban J connectivity index is 2.85. The number of primary amides is 1. The number of carbonyl (C=O) groups is 2. The number of esters is 1. The van der Waals surface area contributed by atoms with Crippen molar-refractivity contribution in [2.24, 2.45) is 30.0 Å². The second kappa shape index (κ2) is 7.42. The number of ether oxygens (including phenoxy) is 1. The van der Waals surface area contributed by atoms with Gasteiger partial charge in [-0.05, 0) is 33.6 Å². The van der Waals surface area contributed by atoms with Crippen LogP contribution in [0.1, 0.15) is 39.8 Å². The Morgan fingerprint density at radius 3 is 2.45 bits per heavy atom. The Labute approximate surface area is 132 Å². The minimum Gasteiger partial charge on any atom is -0.465 e. The van der Waals surface area contributed by atoms with E-state index < -0.39 is 5.41 Å². The molecule has 0 aliphatic carbocycles. The van der Waals surface area contributed by atoms with E-state index in [-0.39, 0.29) is 30.3 Å². The van der Waals surface area contributed by atoms with Gasteiger partial charge in [0, 0.05) is 30.8 Å². The molecule has 1 aromatic rings. The first-order chi connectivity index (χ1) is 10.2. The number of carbonyl (C=O) groups excluding carboxylic acids is 2. The van der Waals surface area contributed by atoms with Crippen molar-refractivity contribution in [3.63, 3.8) is 0 Å². The number of hydrogen-bond donors (Lipinski definition) is 1. The first kappa shape index (κ1) is 18.2. The lowest BCUT2D eigenvalue weighted by Gasteiger charge is -2.25. The van der Waals surface area contributed by atoms with Crippen molar-refractivity contribution in [3.05, 3.63) is 18.2 Å². The highest BCUT2D eigenvalue weighted by Crippen LogP contribution is 2.23. The molecule has 0 radical (unpaired) electrons. The van der Waals surface area contributed by atoms with Crippen LogP contribution in [-0.2, 0) is 27.8 Å². The van der Waals surface area contributed by atoms with E-state index in [0.717, 1.165) is 5.69 Å². The minimum absolute atomic E-state index is 0.149. The molecular formula is C16H27N3O3. The number of nitrogens with zero attached hydrogens (tertiary/aromatic N) is 2. The first-order valence-corrected chi connectivity index (χ1v) is 7.58. The normalized spacial score (nSPS) is 14.4. The Hall–Kier alpha value is -1.85. The van der Waals surface area contributed by atoms with Crippen LogP contribution in [0.4, 0.5) is 0 Å². The molecule has 0 bridgehead atoms. The second-order valence-corrected chi connectivity index (χ2v) is 6.73. The maximum Gasteiger partial charge on any atom is 0.311 e. The van der Waals surface area contributed by atoms with Gasteiger partial charge in [-0.25, -0.2) is 4.98 Å². The number of aromatic nitrogens is 2. The lowest BCUT2D eigenvalue weighted by atomic mass is 9.86. The summed E-state index contributed by atoms with van der Waals surface area (Å²) in [7, 11) is 1.89. The predicted octanol–water partition coefficient (Wildman–Crippen LogP) is 1.68. The zero-order valence-corrected chi connectivity index (χ0v) is 14.1. The largest absolute Gasteiger partial charge is 0.465 e. The van der Waals surface area contributed by atoms with Gasteiger partial charge in [0.25, 0.3) is 0 Å². The molecule has 0 spiro atoms. The molecule has 22 heavy (non-hydrogen) atoms. The number of nitrogens with two attached hydrogens (primary N) is 1. The van der Waals surface area contributed by atoms with E-state index in [9.17, 15) is 9.59 Å². The summed E-state index contributed by atoms with van der Waals surface area (Å²) in [4.78, 5) is 27.7. The molecule has 6 nitrogen and oxygen atoms in total. The molecule has 0 aliphatic rings. The quantitative estimate of drug-likeness (QED) is 0.776. The van der Waals surface area contributed by atoms with Crippen molar-refractivity contribution in [2.75, 3.05) is 6.61 Å². The molecule has 1 aromatic heterocycles. The predicted molar refractivity (Wildman–Crippen MR) is 83.8 cm³/mol. The van der Waals surface area contributed by atoms with Crippen LogP contribution in [0.15, 0.2) is 12.5 Å². The Bertz CT molecular complexity index is 517. The molecule has 0 aromatic carbocycles. The molecule has 2 N–H and O–H groups in total. The van der Waals surface area contributed by atoms with Crippen molar-refractivity contribution in [1.29, 1.82) is 0 Å². The third-order valence-electron chi connectivity index (χ3n) is 3.80. The molecule has 2 atom stereocenters. The van der Waals surface area contributed by atoms with Crippen LogP contribution in [0.2, 0.25) is 0 Å². The van der Waals surface area contributed by atoms with E-state index in [4.69, 9.17) is 10.5 Å². The highest BCUT2D eigenvalue weighted by atomic mass is 16.5. The van der Waals surface area contributed by atoms with Gasteiger partial charge in [0.2, 0.25) is 5.91 Å². The summed E-state index contributed by atoms with van der Waals surface area (Å²) in [6.45, 7) is 7.50. The van der Waals surface area contributed by atoms with Gasteiger partial charge in [0.05, 0.1) is 18.3 Å². The van der Waals surface area contributed by atoms with Crippen LogP contribution in [0, 0.1) is 17.3 Å². The zero-order chi connectivity index (χ0) is 16.9. The lowest BCUT2D eigenvalue weighted by Crippen LogP contribution is -2.35. The van der Waals surface area contributed by atoms with Crippen LogP contribution in [0.25, 0.3) is 0 Å². The molecule has 0 fully saturated rings. The fraction of sp³-hybridized carbons (Fsp3) is 0.688. The minimum atomic E-state index is -0.564. The molecule has 6 heteroatoms. The van der Waals surface area contributed by atoms with E-state index >= 15 is 0 Å². The molecule has 0 aliphatic heterocycles. The summed E-state index contributed by atoms with van der Waals surface area (Å²) in [5.41, 5.74) is 5.92. The molecule has 1 amide bonds. The van der Waals surface area contributed by atoms with Crippen LogP contribution in [0.5, 0.6) is 0 Å². The van der Waals surface area contributed by atoms with Gasteiger partial charge in [-0.1, -0.05) is 6.92 Å². The monoisotopic (exact) mass is 309 g/mol. The fourth-order valence-electron chi connectivity index (χ4n) is 2.33. The second-order valence-electron chi connectivity index (χ2n) is 6.73. The third kappa shape index (κ3) is 4.86. The van der Waals surface area contributed by atoms with Gasteiger partial charge in [0.1, 0.15) is 0 Å². The summed E-state index contributed by atoms with van der Waals surface area (Å²) in [6, 6.07) is 0. The molecule has 0 saturated heterocycles. The summed E-state index contributed by atoms with van der Waals surface area (Å²) in [5, 5.41) is 0. The smallest absolute Gasteiger partial charge is 0.311 e. The number of hydrogen-bond acceptors (Lipinski definition) is 4. The third-order valence-corrected chi connectivity index (χ3v) is 3.80. The molecule has 2 unspecified atom stereocenters. The first-order valence-electron chi connectivity index (χ1n) is 7.58. The number of rotatable bonds is 7. The van der Waals surface area contributed by atoms with Crippen molar-refractivity contribution < 1.29 is 14.3 Å². The van der Waals surface area contributed by atoms with Gasteiger partial charge < -0.3 is 15.0 Å². The highest BCUT2D eigenvalue weighted by molar-refractivity contribution is 5.77. The number of amides is 1. The standard InChI is InChI=1S/C16H27N3O3/c1-6-13(14(17)20)11(7-12-8-18-10-19(12)5)9-22-15(21)16(2,3)4/h8,10-11,13H,6-7,9H2,1-5H3,(H2,17,20). The average Bonchev–Trinajstić information content (AvgIpc) is 2.80. The van der Waals surface area contributed by atoms with Crippen LogP contribution in [0.3, 0.4) is 0 Å². The van der Waals surface area contributed by atoms with E-state index in [2.05, 4.69) is 4.98 Å². The topological polar surface area (TPSA) is 87.2 Å².